The molecule has 1 heterocycles. The Hall–Kier alpha value is -2.43. The Labute approximate surface area is 121 Å². The summed E-state index contributed by atoms with van der Waals surface area (Å²) in [5.74, 6) is -2.00. The number of carbonyl (C=O) groups excluding carboxylic acids is 1. The number of nitrogens with zero attached hydrogens (tertiary/aromatic N) is 1. The molecule has 0 aromatic heterocycles. The van der Waals surface area contributed by atoms with Gasteiger partial charge in [0.1, 0.15) is 11.6 Å². The number of nitrogen functional groups attached to an aromatic ring is 1. The van der Waals surface area contributed by atoms with Crippen molar-refractivity contribution in [2.24, 2.45) is 0 Å². The van der Waals surface area contributed by atoms with Crippen LogP contribution in [0.4, 0.5) is 20.2 Å². The molecule has 0 aliphatic carbocycles. The summed E-state index contributed by atoms with van der Waals surface area (Å²) in [4.78, 5) is 14.0. The van der Waals surface area contributed by atoms with Gasteiger partial charge < -0.3 is 10.6 Å². The van der Waals surface area contributed by atoms with Crippen LogP contribution in [0.3, 0.4) is 0 Å². The van der Waals surface area contributed by atoms with Crippen LogP contribution in [0, 0.1) is 11.6 Å². The van der Waals surface area contributed by atoms with Gasteiger partial charge in [-0.15, -0.1) is 0 Å². The number of fused-ring (bicyclic) bond motifs is 1. The van der Waals surface area contributed by atoms with Crippen molar-refractivity contribution in [3.8, 4) is 0 Å². The molecule has 0 fully saturated rings. The molecule has 2 N–H and O–H groups in total. The second-order valence-electron chi connectivity index (χ2n) is 5.07. The van der Waals surface area contributed by atoms with E-state index in [4.69, 9.17) is 5.73 Å². The van der Waals surface area contributed by atoms with Crippen LogP contribution in [-0.2, 0) is 6.42 Å². The molecule has 108 valence electrons. The molecule has 0 bridgehead atoms. The molecule has 0 spiro atoms. The number of nitrogens with two attached hydrogens (primary N) is 1. The monoisotopic (exact) mass is 288 g/mol. The lowest BCUT2D eigenvalue weighted by atomic mass is 10.00. The zero-order valence-electron chi connectivity index (χ0n) is 11.3. The predicted octanol–water partition coefficient (Wildman–Crippen LogP) is 3.14. The second-order valence-corrected chi connectivity index (χ2v) is 5.07. The third-order valence-corrected chi connectivity index (χ3v) is 3.63. The van der Waals surface area contributed by atoms with Crippen LogP contribution >= 0.6 is 0 Å². The van der Waals surface area contributed by atoms with Crippen molar-refractivity contribution >= 4 is 17.3 Å². The summed E-state index contributed by atoms with van der Waals surface area (Å²) in [6, 6.07) is 8.30. The van der Waals surface area contributed by atoms with Gasteiger partial charge in [-0.3, -0.25) is 4.79 Å². The first-order valence-electron chi connectivity index (χ1n) is 6.71. The van der Waals surface area contributed by atoms with Crippen molar-refractivity contribution in [3.63, 3.8) is 0 Å². The van der Waals surface area contributed by atoms with Crippen LogP contribution in [0.1, 0.15) is 22.3 Å². The summed E-state index contributed by atoms with van der Waals surface area (Å²) >= 11 is 0. The maximum atomic E-state index is 13.8. The van der Waals surface area contributed by atoms with Crippen LogP contribution in [-0.4, -0.2) is 12.5 Å². The molecular formula is C16H14F2N2O. The zero-order valence-corrected chi connectivity index (χ0v) is 11.3. The lowest BCUT2D eigenvalue weighted by molar-refractivity contribution is 0.0981. The highest BCUT2D eigenvalue weighted by Gasteiger charge is 2.25. The maximum absolute atomic E-state index is 13.8. The van der Waals surface area contributed by atoms with E-state index in [0.717, 1.165) is 36.2 Å². The van der Waals surface area contributed by atoms with Crippen LogP contribution in [0.15, 0.2) is 36.4 Å². The van der Waals surface area contributed by atoms with E-state index < -0.39 is 17.5 Å². The van der Waals surface area contributed by atoms with E-state index in [2.05, 4.69) is 0 Å². The number of anilines is 2. The van der Waals surface area contributed by atoms with Gasteiger partial charge in [-0.1, -0.05) is 0 Å². The van der Waals surface area contributed by atoms with Gasteiger partial charge in [0.25, 0.3) is 5.91 Å². The van der Waals surface area contributed by atoms with E-state index >= 15 is 0 Å². The molecule has 1 aliphatic heterocycles. The first-order chi connectivity index (χ1) is 10.1. The fraction of sp³-hybridized carbons (Fsp3) is 0.188. The highest BCUT2D eigenvalue weighted by molar-refractivity contribution is 6.07. The number of carbonyl (C=O) groups is 1. The quantitative estimate of drug-likeness (QED) is 0.819. The lowest BCUT2D eigenvalue weighted by Gasteiger charge is -2.29. The average molecular weight is 288 g/mol. The summed E-state index contributed by atoms with van der Waals surface area (Å²) in [7, 11) is 0. The molecule has 21 heavy (non-hydrogen) atoms. The minimum absolute atomic E-state index is 0.124. The Bertz CT molecular complexity index is 715. The minimum Gasteiger partial charge on any atom is -0.399 e. The third kappa shape index (κ3) is 2.46. The molecule has 5 heteroatoms. The lowest BCUT2D eigenvalue weighted by Crippen LogP contribution is -2.36. The summed E-state index contributed by atoms with van der Waals surface area (Å²) < 4.78 is 26.7. The SMILES string of the molecule is Nc1ccc2c(c1)CCCN2C(=O)c1ccc(F)cc1F. The molecule has 0 unspecified atom stereocenters. The normalized spacial score (nSPS) is 13.9. The molecule has 3 nitrogen and oxygen atoms in total. The fourth-order valence-electron chi connectivity index (χ4n) is 2.64. The molecule has 2 aromatic carbocycles. The molecule has 0 radical (unpaired) electrons. The Kier molecular flexibility index (Phi) is 3.33. The number of hydrogen-bond donors (Lipinski definition) is 1. The summed E-state index contributed by atoms with van der Waals surface area (Å²) in [6.45, 7) is 0.507. The summed E-state index contributed by atoms with van der Waals surface area (Å²) in [5.41, 5.74) is 7.97. The van der Waals surface area contributed by atoms with Crippen molar-refractivity contribution < 1.29 is 13.6 Å². The first kappa shape index (κ1) is 13.5. The van der Waals surface area contributed by atoms with Gasteiger partial charge in [-0.25, -0.2) is 8.78 Å². The first-order valence-corrected chi connectivity index (χ1v) is 6.71. The summed E-state index contributed by atoms with van der Waals surface area (Å²) in [6.07, 6.45) is 1.61. The van der Waals surface area contributed by atoms with E-state index in [-0.39, 0.29) is 5.56 Å². The van der Waals surface area contributed by atoms with Gasteiger partial charge in [-0.05, 0) is 48.7 Å². The van der Waals surface area contributed by atoms with E-state index in [1.807, 2.05) is 6.07 Å². The van der Waals surface area contributed by atoms with E-state index in [9.17, 15) is 13.6 Å². The average Bonchev–Trinajstić information content (AvgIpc) is 2.45. The van der Waals surface area contributed by atoms with Gasteiger partial charge in [0.15, 0.2) is 0 Å². The van der Waals surface area contributed by atoms with E-state index in [1.165, 1.54) is 11.0 Å². The molecule has 1 amide bonds. The van der Waals surface area contributed by atoms with Gasteiger partial charge in [0.05, 0.1) is 5.56 Å². The van der Waals surface area contributed by atoms with Gasteiger partial charge in [0, 0.05) is 24.0 Å². The predicted molar refractivity (Wildman–Crippen MR) is 77.2 cm³/mol. The van der Waals surface area contributed by atoms with Crippen molar-refractivity contribution in [2.45, 2.75) is 12.8 Å². The molecule has 2 aromatic rings. The van der Waals surface area contributed by atoms with Crippen molar-refractivity contribution in [3.05, 3.63) is 59.2 Å². The van der Waals surface area contributed by atoms with E-state index in [1.54, 1.807) is 12.1 Å². The van der Waals surface area contributed by atoms with Crippen LogP contribution < -0.4 is 10.6 Å². The van der Waals surface area contributed by atoms with E-state index in [0.29, 0.717) is 12.2 Å². The maximum Gasteiger partial charge on any atom is 0.261 e. The van der Waals surface area contributed by atoms with Crippen LogP contribution in [0.25, 0.3) is 0 Å². The Balaban J connectivity index is 2.00. The highest BCUT2D eigenvalue weighted by Crippen LogP contribution is 2.30. The number of amides is 1. The molecule has 0 saturated carbocycles. The van der Waals surface area contributed by atoms with Gasteiger partial charge >= 0.3 is 0 Å². The van der Waals surface area contributed by atoms with Crippen molar-refractivity contribution in [1.82, 2.24) is 0 Å². The van der Waals surface area contributed by atoms with Crippen LogP contribution in [0.2, 0.25) is 0 Å². The number of hydrogen-bond acceptors (Lipinski definition) is 2. The number of benzene rings is 2. The zero-order chi connectivity index (χ0) is 15.0. The van der Waals surface area contributed by atoms with Crippen molar-refractivity contribution in [1.29, 1.82) is 0 Å². The fourth-order valence-corrected chi connectivity index (χ4v) is 2.64. The highest BCUT2D eigenvalue weighted by atomic mass is 19.1. The topological polar surface area (TPSA) is 46.3 Å². The van der Waals surface area contributed by atoms with Crippen molar-refractivity contribution in [2.75, 3.05) is 17.2 Å². The molecule has 0 saturated heterocycles. The number of halogens is 2. The Morgan fingerprint density at radius 3 is 2.71 bits per heavy atom. The standard InChI is InChI=1S/C16H14F2N2O/c17-11-3-5-13(14(18)9-11)16(21)20-7-1-2-10-8-12(19)4-6-15(10)20/h3-6,8-9H,1-2,7,19H2. The molecule has 1 aliphatic rings. The Morgan fingerprint density at radius 1 is 1.14 bits per heavy atom. The third-order valence-electron chi connectivity index (χ3n) is 3.63. The van der Waals surface area contributed by atoms with Crippen LogP contribution in [0.5, 0.6) is 0 Å². The smallest absolute Gasteiger partial charge is 0.261 e. The Morgan fingerprint density at radius 2 is 1.95 bits per heavy atom. The molecule has 3 rings (SSSR count). The number of rotatable bonds is 1. The van der Waals surface area contributed by atoms with Gasteiger partial charge in [-0.2, -0.15) is 0 Å². The van der Waals surface area contributed by atoms with Gasteiger partial charge in [0.2, 0.25) is 0 Å². The largest absolute Gasteiger partial charge is 0.399 e. The molecule has 0 atom stereocenters. The number of aryl methyl sites for hydroxylation is 1. The molecular weight excluding hydrogens is 274 g/mol. The minimum atomic E-state index is -0.845. The second kappa shape index (κ2) is 5.16. The summed E-state index contributed by atoms with van der Waals surface area (Å²) in [5, 5.41) is 0.